The van der Waals surface area contributed by atoms with Crippen LogP contribution in [0.5, 0.6) is 0 Å². The zero-order chi connectivity index (χ0) is 25.2. The van der Waals surface area contributed by atoms with Crippen molar-refractivity contribution in [2.45, 2.75) is 95.8 Å². The lowest BCUT2D eigenvalue weighted by Gasteiger charge is -2.38. The van der Waals surface area contributed by atoms with Gasteiger partial charge in [-0.1, -0.05) is 57.7 Å². The number of carbonyl (C=O) groups excluding carboxylic acids is 1. The van der Waals surface area contributed by atoms with Crippen molar-refractivity contribution in [1.29, 1.82) is 0 Å². The average Bonchev–Trinajstić information content (AvgIpc) is 2.84. The van der Waals surface area contributed by atoms with Crippen LogP contribution in [-0.4, -0.2) is 17.8 Å². The van der Waals surface area contributed by atoms with Gasteiger partial charge in [-0.25, -0.2) is 4.79 Å². The highest BCUT2D eigenvalue weighted by Crippen LogP contribution is 2.52. The highest BCUT2D eigenvalue weighted by atomic mass is 19.3. The molecule has 0 unspecified atom stereocenters. The van der Waals surface area contributed by atoms with E-state index in [0.717, 1.165) is 75.0 Å². The molecule has 192 valence electrons. The Balaban J connectivity index is 1.45. The number of hydrogen-bond donors (Lipinski definition) is 0. The molecule has 0 heterocycles. The Hall–Kier alpha value is -2.11. The standard InChI is InChI=1S/C29H36F4O2/c1-3-4-20-7-11-23(12-8-20)25-17-18-26(29(32,33)28(25,30)31)35-27(34)24-15-13-22(14-16-24)21-9-5-19(2)6-10-21/h13-21,23H,3-12H2,1-2H3. The maximum Gasteiger partial charge on any atom is 0.370 e. The molecule has 0 amide bonds. The number of esters is 1. The Morgan fingerprint density at radius 1 is 0.857 bits per heavy atom. The molecule has 0 radical (unpaired) electrons. The van der Waals surface area contributed by atoms with E-state index < -0.39 is 35.1 Å². The van der Waals surface area contributed by atoms with Gasteiger partial charge >= 0.3 is 17.8 Å². The third-order valence-electron chi connectivity index (χ3n) is 8.30. The largest absolute Gasteiger partial charge is 0.421 e. The number of hydrogen-bond acceptors (Lipinski definition) is 2. The molecule has 3 aliphatic carbocycles. The molecule has 2 fully saturated rings. The second-order valence-corrected chi connectivity index (χ2v) is 10.8. The molecule has 4 rings (SSSR count). The minimum absolute atomic E-state index is 0.0713. The molecule has 0 aromatic heterocycles. The summed E-state index contributed by atoms with van der Waals surface area (Å²) < 4.78 is 64.7. The van der Waals surface area contributed by atoms with Crippen molar-refractivity contribution in [2.24, 2.45) is 17.8 Å². The fourth-order valence-corrected chi connectivity index (χ4v) is 6.02. The number of alkyl halides is 4. The van der Waals surface area contributed by atoms with E-state index in [1.807, 2.05) is 12.1 Å². The van der Waals surface area contributed by atoms with Crippen LogP contribution in [0.3, 0.4) is 0 Å². The smallest absolute Gasteiger partial charge is 0.370 e. The van der Waals surface area contributed by atoms with E-state index in [1.54, 1.807) is 0 Å². The van der Waals surface area contributed by atoms with E-state index in [1.165, 1.54) is 12.1 Å². The van der Waals surface area contributed by atoms with Gasteiger partial charge in [-0.3, -0.25) is 0 Å². The van der Waals surface area contributed by atoms with Crippen molar-refractivity contribution in [3.8, 4) is 0 Å². The van der Waals surface area contributed by atoms with E-state index in [0.29, 0.717) is 24.7 Å². The summed E-state index contributed by atoms with van der Waals surface area (Å²) in [5, 5.41) is 0. The second kappa shape index (κ2) is 10.5. The number of rotatable bonds is 6. The van der Waals surface area contributed by atoms with Gasteiger partial charge in [0.25, 0.3) is 0 Å². The van der Waals surface area contributed by atoms with Gasteiger partial charge in [0.1, 0.15) is 0 Å². The molecule has 0 spiro atoms. The lowest BCUT2D eigenvalue weighted by molar-refractivity contribution is -0.185. The molecule has 0 saturated heterocycles. The van der Waals surface area contributed by atoms with Gasteiger partial charge in [-0.2, -0.15) is 17.6 Å². The molecule has 0 atom stereocenters. The van der Waals surface area contributed by atoms with Crippen LogP contribution in [0.4, 0.5) is 17.6 Å². The van der Waals surface area contributed by atoms with E-state index in [4.69, 9.17) is 4.74 Å². The summed E-state index contributed by atoms with van der Waals surface area (Å²) >= 11 is 0. The monoisotopic (exact) mass is 492 g/mol. The van der Waals surface area contributed by atoms with Crippen LogP contribution in [-0.2, 0) is 4.74 Å². The Kier molecular flexibility index (Phi) is 7.77. The van der Waals surface area contributed by atoms with Crippen molar-refractivity contribution in [1.82, 2.24) is 0 Å². The predicted molar refractivity (Wildman–Crippen MR) is 129 cm³/mol. The summed E-state index contributed by atoms with van der Waals surface area (Å²) in [6.45, 7) is 4.33. The summed E-state index contributed by atoms with van der Waals surface area (Å²) in [6.07, 6.45) is 11.0. The van der Waals surface area contributed by atoms with Crippen molar-refractivity contribution in [3.63, 3.8) is 0 Å². The van der Waals surface area contributed by atoms with Gasteiger partial charge in [0, 0.05) is 5.57 Å². The number of halogens is 4. The quantitative estimate of drug-likeness (QED) is 0.293. The van der Waals surface area contributed by atoms with Gasteiger partial charge < -0.3 is 4.74 Å². The fourth-order valence-electron chi connectivity index (χ4n) is 6.02. The number of allylic oxidation sites excluding steroid dienone is 4. The first-order chi connectivity index (χ1) is 16.6. The normalized spacial score (nSPS) is 30.2. The second-order valence-electron chi connectivity index (χ2n) is 10.8. The summed E-state index contributed by atoms with van der Waals surface area (Å²) in [7, 11) is 0. The molecule has 3 aliphatic rings. The zero-order valence-electron chi connectivity index (χ0n) is 20.7. The Labute approximate surface area is 205 Å². The van der Waals surface area contributed by atoms with E-state index in [9.17, 15) is 13.6 Å². The molecule has 0 aliphatic heterocycles. The lowest BCUT2D eigenvalue weighted by Crippen LogP contribution is -2.48. The van der Waals surface area contributed by atoms with Crippen LogP contribution >= 0.6 is 0 Å². The van der Waals surface area contributed by atoms with Gasteiger partial charge in [-0.05, 0) is 86.0 Å². The van der Waals surface area contributed by atoms with Crippen molar-refractivity contribution in [3.05, 3.63) is 58.9 Å². The third-order valence-corrected chi connectivity index (χ3v) is 8.30. The number of benzene rings is 1. The molecule has 35 heavy (non-hydrogen) atoms. The first kappa shape index (κ1) is 26.0. The van der Waals surface area contributed by atoms with Crippen LogP contribution in [0, 0.1) is 17.8 Å². The minimum atomic E-state index is -4.58. The van der Waals surface area contributed by atoms with E-state index >= 15 is 8.78 Å². The summed E-state index contributed by atoms with van der Waals surface area (Å²) in [6, 6.07) is 6.69. The van der Waals surface area contributed by atoms with Crippen molar-refractivity contribution >= 4 is 5.97 Å². The fraction of sp³-hybridized carbons (Fsp3) is 0.621. The number of ether oxygens (including phenoxy) is 1. The molecule has 2 nitrogen and oxygen atoms in total. The topological polar surface area (TPSA) is 26.3 Å². The zero-order valence-corrected chi connectivity index (χ0v) is 20.7. The lowest BCUT2D eigenvalue weighted by atomic mass is 9.73. The molecule has 1 aromatic rings. The van der Waals surface area contributed by atoms with E-state index in [-0.39, 0.29) is 5.56 Å². The Morgan fingerprint density at radius 3 is 2.06 bits per heavy atom. The van der Waals surface area contributed by atoms with Gasteiger partial charge in [0.05, 0.1) is 5.56 Å². The van der Waals surface area contributed by atoms with Gasteiger partial charge in [0.15, 0.2) is 5.76 Å². The third kappa shape index (κ3) is 5.36. The van der Waals surface area contributed by atoms with E-state index in [2.05, 4.69) is 13.8 Å². The first-order valence-electron chi connectivity index (χ1n) is 13.1. The average molecular weight is 493 g/mol. The molecular weight excluding hydrogens is 456 g/mol. The molecule has 0 bridgehead atoms. The summed E-state index contributed by atoms with van der Waals surface area (Å²) in [5.74, 6) is -10.3. The highest BCUT2D eigenvalue weighted by Gasteiger charge is 2.65. The van der Waals surface area contributed by atoms with Crippen LogP contribution in [0.25, 0.3) is 0 Å². The molecule has 0 N–H and O–H groups in total. The van der Waals surface area contributed by atoms with Crippen LogP contribution in [0.15, 0.2) is 47.7 Å². The SMILES string of the molecule is CCCC1CCC(C2=CC=C(OC(=O)c3ccc(C4CCC(C)CC4)cc3)C(F)(F)C2(F)F)CC1. The number of carbonyl (C=O) groups is 1. The van der Waals surface area contributed by atoms with Gasteiger partial charge in [-0.15, -0.1) is 0 Å². The molecule has 1 aromatic carbocycles. The highest BCUT2D eigenvalue weighted by molar-refractivity contribution is 5.90. The van der Waals surface area contributed by atoms with Crippen LogP contribution in [0.2, 0.25) is 0 Å². The van der Waals surface area contributed by atoms with Crippen LogP contribution in [0.1, 0.15) is 99.9 Å². The van der Waals surface area contributed by atoms with Gasteiger partial charge in [0.2, 0.25) is 0 Å². The molecular formula is C29H36F4O2. The molecule has 6 heteroatoms. The van der Waals surface area contributed by atoms with Crippen LogP contribution < -0.4 is 0 Å². The van der Waals surface area contributed by atoms with Crippen molar-refractivity contribution < 1.29 is 27.1 Å². The Bertz CT molecular complexity index is 947. The maximum atomic E-state index is 15.0. The minimum Gasteiger partial charge on any atom is -0.421 e. The Morgan fingerprint density at radius 2 is 1.46 bits per heavy atom. The first-order valence-corrected chi connectivity index (χ1v) is 13.1. The predicted octanol–water partition coefficient (Wildman–Crippen LogP) is 8.84. The summed E-state index contributed by atoms with van der Waals surface area (Å²) in [4.78, 5) is 12.6. The molecule has 2 saturated carbocycles. The summed E-state index contributed by atoms with van der Waals surface area (Å²) in [5.41, 5.74) is 0.633. The maximum absolute atomic E-state index is 15.0. The van der Waals surface area contributed by atoms with Crippen molar-refractivity contribution in [2.75, 3.05) is 0 Å².